The van der Waals surface area contributed by atoms with Crippen LogP contribution < -0.4 is 5.32 Å². The van der Waals surface area contributed by atoms with Crippen molar-refractivity contribution in [3.63, 3.8) is 0 Å². The summed E-state index contributed by atoms with van der Waals surface area (Å²) in [4.78, 5) is 6.12. The van der Waals surface area contributed by atoms with E-state index in [1.54, 1.807) is 23.5 Å². The summed E-state index contributed by atoms with van der Waals surface area (Å²) in [6.45, 7) is 3.11. The van der Waals surface area contributed by atoms with Crippen LogP contribution in [0.3, 0.4) is 0 Å². The molecule has 1 aromatic heterocycles. The van der Waals surface area contributed by atoms with Crippen LogP contribution in [0, 0.1) is 0 Å². The topological polar surface area (TPSA) is 45.2 Å². The highest BCUT2D eigenvalue weighted by Crippen LogP contribution is 2.31. The summed E-state index contributed by atoms with van der Waals surface area (Å²) in [5.41, 5.74) is 2.22. The zero-order valence-electron chi connectivity index (χ0n) is 11.7. The molecule has 4 heteroatoms. The van der Waals surface area contributed by atoms with Gasteiger partial charge in [-0.25, -0.2) is 4.98 Å². The SMILES string of the molecule is CCCc1nc(-c2cccc(O)c2)sc1CNC1CC1. The highest BCUT2D eigenvalue weighted by Gasteiger charge is 2.21. The summed E-state index contributed by atoms with van der Waals surface area (Å²) in [7, 11) is 0. The van der Waals surface area contributed by atoms with Gasteiger partial charge in [-0.2, -0.15) is 0 Å². The first kappa shape index (κ1) is 13.6. The number of hydrogen-bond donors (Lipinski definition) is 2. The van der Waals surface area contributed by atoms with E-state index >= 15 is 0 Å². The van der Waals surface area contributed by atoms with Gasteiger partial charge >= 0.3 is 0 Å². The number of aromatic nitrogens is 1. The predicted octanol–water partition coefficient (Wildman–Crippen LogP) is 3.72. The Morgan fingerprint density at radius 2 is 2.25 bits per heavy atom. The third-order valence-corrected chi connectivity index (χ3v) is 4.63. The van der Waals surface area contributed by atoms with Gasteiger partial charge in [0.2, 0.25) is 0 Å². The van der Waals surface area contributed by atoms with Crippen molar-refractivity contribution in [2.24, 2.45) is 0 Å². The Balaban J connectivity index is 1.84. The molecule has 1 aliphatic carbocycles. The van der Waals surface area contributed by atoms with Gasteiger partial charge < -0.3 is 10.4 Å². The summed E-state index contributed by atoms with van der Waals surface area (Å²) in [5, 5.41) is 14.2. The summed E-state index contributed by atoms with van der Waals surface area (Å²) < 4.78 is 0. The maximum absolute atomic E-state index is 9.60. The molecule has 2 aromatic rings. The average Bonchev–Trinajstić information content (AvgIpc) is 3.18. The molecule has 1 fully saturated rings. The second-order valence-electron chi connectivity index (χ2n) is 5.34. The zero-order valence-corrected chi connectivity index (χ0v) is 12.5. The molecular formula is C16H20N2OS. The zero-order chi connectivity index (χ0) is 13.9. The summed E-state index contributed by atoms with van der Waals surface area (Å²) in [6, 6.07) is 8.07. The molecule has 3 nitrogen and oxygen atoms in total. The molecule has 3 rings (SSSR count). The molecule has 1 saturated carbocycles. The van der Waals surface area contributed by atoms with Crippen LogP contribution in [0.15, 0.2) is 24.3 Å². The Kier molecular flexibility index (Phi) is 4.03. The molecule has 1 aliphatic rings. The van der Waals surface area contributed by atoms with Crippen LogP contribution in [0.4, 0.5) is 0 Å². The number of phenolic OH excluding ortho intramolecular Hbond substituents is 1. The Morgan fingerprint density at radius 3 is 2.95 bits per heavy atom. The second kappa shape index (κ2) is 5.94. The lowest BCUT2D eigenvalue weighted by Gasteiger charge is -2.01. The lowest BCUT2D eigenvalue weighted by Crippen LogP contribution is -2.15. The van der Waals surface area contributed by atoms with Crippen molar-refractivity contribution in [1.82, 2.24) is 10.3 Å². The van der Waals surface area contributed by atoms with Gasteiger partial charge in [0.05, 0.1) is 5.69 Å². The number of aromatic hydroxyl groups is 1. The molecule has 0 spiro atoms. The normalized spacial score (nSPS) is 14.7. The summed E-state index contributed by atoms with van der Waals surface area (Å²) in [5.74, 6) is 0.299. The van der Waals surface area contributed by atoms with Gasteiger partial charge in [0, 0.05) is 23.0 Å². The van der Waals surface area contributed by atoms with Crippen LogP contribution in [-0.4, -0.2) is 16.1 Å². The standard InChI is InChI=1S/C16H20N2OS/c1-2-4-14-15(10-17-12-7-8-12)20-16(18-14)11-5-3-6-13(19)9-11/h3,5-6,9,12,17,19H,2,4,7-8,10H2,1H3. The number of rotatable bonds is 6. The molecule has 0 unspecified atom stereocenters. The van der Waals surface area contributed by atoms with E-state index in [1.165, 1.54) is 23.4 Å². The number of nitrogens with one attached hydrogen (secondary N) is 1. The predicted molar refractivity (Wildman–Crippen MR) is 83.1 cm³/mol. The van der Waals surface area contributed by atoms with Gasteiger partial charge in [0.1, 0.15) is 10.8 Å². The number of benzene rings is 1. The minimum atomic E-state index is 0.299. The van der Waals surface area contributed by atoms with Crippen LogP contribution in [0.25, 0.3) is 10.6 Å². The average molecular weight is 288 g/mol. The van der Waals surface area contributed by atoms with Crippen molar-refractivity contribution >= 4 is 11.3 Å². The van der Waals surface area contributed by atoms with Crippen molar-refractivity contribution in [2.45, 2.75) is 45.2 Å². The van der Waals surface area contributed by atoms with Gasteiger partial charge in [-0.05, 0) is 31.4 Å². The van der Waals surface area contributed by atoms with Crippen LogP contribution in [0.5, 0.6) is 5.75 Å². The van der Waals surface area contributed by atoms with E-state index < -0.39 is 0 Å². The number of hydrogen-bond acceptors (Lipinski definition) is 4. The van der Waals surface area contributed by atoms with E-state index in [9.17, 15) is 5.11 Å². The van der Waals surface area contributed by atoms with E-state index in [0.717, 1.165) is 36.0 Å². The highest BCUT2D eigenvalue weighted by atomic mass is 32.1. The van der Waals surface area contributed by atoms with Crippen molar-refractivity contribution in [3.8, 4) is 16.3 Å². The Hall–Kier alpha value is -1.39. The third kappa shape index (κ3) is 3.19. The lowest BCUT2D eigenvalue weighted by molar-refractivity contribution is 0.475. The maximum atomic E-state index is 9.60. The number of aryl methyl sites for hydroxylation is 1. The summed E-state index contributed by atoms with van der Waals surface area (Å²) in [6.07, 6.45) is 4.75. The molecule has 20 heavy (non-hydrogen) atoms. The monoisotopic (exact) mass is 288 g/mol. The number of phenols is 1. The fourth-order valence-electron chi connectivity index (χ4n) is 2.24. The minimum Gasteiger partial charge on any atom is -0.508 e. The third-order valence-electron chi connectivity index (χ3n) is 3.49. The minimum absolute atomic E-state index is 0.299. The molecule has 1 aromatic carbocycles. The van der Waals surface area contributed by atoms with E-state index in [1.807, 2.05) is 12.1 Å². The highest BCUT2D eigenvalue weighted by molar-refractivity contribution is 7.15. The fraction of sp³-hybridized carbons (Fsp3) is 0.438. The molecule has 2 N–H and O–H groups in total. The Labute approximate surface area is 123 Å². The first-order chi connectivity index (χ1) is 9.76. The first-order valence-corrected chi connectivity index (χ1v) is 8.09. The van der Waals surface area contributed by atoms with Gasteiger partial charge in [-0.15, -0.1) is 11.3 Å². The smallest absolute Gasteiger partial charge is 0.124 e. The molecule has 0 amide bonds. The van der Waals surface area contributed by atoms with Crippen molar-refractivity contribution in [3.05, 3.63) is 34.8 Å². The van der Waals surface area contributed by atoms with Crippen molar-refractivity contribution in [2.75, 3.05) is 0 Å². The quantitative estimate of drug-likeness (QED) is 0.851. The van der Waals surface area contributed by atoms with E-state index in [4.69, 9.17) is 4.98 Å². The van der Waals surface area contributed by atoms with Crippen LogP contribution >= 0.6 is 11.3 Å². The van der Waals surface area contributed by atoms with E-state index in [0.29, 0.717) is 5.75 Å². The van der Waals surface area contributed by atoms with E-state index in [-0.39, 0.29) is 0 Å². The number of nitrogens with zero attached hydrogens (tertiary/aromatic N) is 1. The van der Waals surface area contributed by atoms with Gasteiger partial charge in [-0.3, -0.25) is 0 Å². The molecule has 0 saturated heterocycles. The van der Waals surface area contributed by atoms with Gasteiger partial charge in [0.15, 0.2) is 0 Å². The largest absolute Gasteiger partial charge is 0.508 e. The molecular weight excluding hydrogens is 268 g/mol. The molecule has 1 heterocycles. The molecule has 0 radical (unpaired) electrons. The molecule has 106 valence electrons. The summed E-state index contributed by atoms with van der Waals surface area (Å²) >= 11 is 1.75. The van der Waals surface area contributed by atoms with Gasteiger partial charge in [0.25, 0.3) is 0 Å². The number of thiazole rings is 1. The Morgan fingerprint density at radius 1 is 1.40 bits per heavy atom. The van der Waals surface area contributed by atoms with Crippen molar-refractivity contribution < 1.29 is 5.11 Å². The maximum Gasteiger partial charge on any atom is 0.124 e. The molecule has 0 bridgehead atoms. The Bertz CT molecular complexity index is 590. The lowest BCUT2D eigenvalue weighted by atomic mass is 10.2. The van der Waals surface area contributed by atoms with Crippen LogP contribution in [0.2, 0.25) is 0 Å². The van der Waals surface area contributed by atoms with Crippen LogP contribution in [-0.2, 0) is 13.0 Å². The second-order valence-corrected chi connectivity index (χ2v) is 6.43. The van der Waals surface area contributed by atoms with Gasteiger partial charge in [-0.1, -0.05) is 25.5 Å². The molecule has 0 atom stereocenters. The van der Waals surface area contributed by atoms with E-state index in [2.05, 4.69) is 12.2 Å². The van der Waals surface area contributed by atoms with Crippen molar-refractivity contribution in [1.29, 1.82) is 0 Å². The molecule has 0 aliphatic heterocycles. The first-order valence-electron chi connectivity index (χ1n) is 7.27. The van der Waals surface area contributed by atoms with Crippen LogP contribution in [0.1, 0.15) is 36.8 Å². The fourth-order valence-corrected chi connectivity index (χ4v) is 3.30.